The summed E-state index contributed by atoms with van der Waals surface area (Å²) >= 11 is 1.82. The number of hydrogen-bond acceptors (Lipinski definition) is 0. The van der Waals surface area contributed by atoms with Gasteiger partial charge >= 0.3 is 39.1 Å². The van der Waals surface area contributed by atoms with Gasteiger partial charge in [-0.3, -0.25) is 0 Å². The van der Waals surface area contributed by atoms with Crippen LogP contribution in [0.1, 0.15) is 130 Å². The summed E-state index contributed by atoms with van der Waals surface area (Å²) in [5.74, 6) is 2.50. The van der Waals surface area contributed by atoms with Crippen LogP contribution in [0.3, 0.4) is 0 Å². The van der Waals surface area contributed by atoms with Crippen LogP contribution >= 0.6 is 0 Å². The maximum absolute atomic E-state index is 10.6. The van der Waals surface area contributed by atoms with Gasteiger partial charge in [-0.15, -0.1) is 4.79 Å². The summed E-state index contributed by atoms with van der Waals surface area (Å²) in [5.41, 5.74) is 31.8. The minimum Gasteiger partial charge on any atom is 0 e. The second-order valence-corrected chi connectivity index (χ2v) is 15.9. The Labute approximate surface area is 364 Å². The predicted molar refractivity (Wildman–Crippen MR) is 236 cm³/mol. The summed E-state index contributed by atoms with van der Waals surface area (Å²) in [7, 11) is 0. The number of nitrogens with zero attached hydrogens (tertiary/aromatic N) is 4. The Kier molecular flexibility index (Phi) is 25.2. The number of unbranched alkanes of at least 4 members (excludes halogenated alkanes) is 5. The van der Waals surface area contributed by atoms with Gasteiger partial charge in [-0.1, -0.05) is 131 Å². The standard InChI is InChI=1S/C25H30N2.C22H24N2.2C2H5.Ni.Pd/c1-3-5-7-12-22-14-9-16-24(20-22)25(17-10-18-27-26)23-15-8-13-21(19-23)11-6-4-2;1-3-4-5-9-18-10-7-12-20(16-18)22-14-13-21(24(22)23)19-11-6-8-17(2)15-19;2*1-2;;/h8-10,13-17,19-20H,3-7,11-12H2,1-2H3;6-8,10-16H,3-5,9H2,1-2H3;2*1H2,2H3;;. The van der Waals surface area contributed by atoms with Crippen molar-refractivity contribution in [2.75, 3.05) is 0 Å². The van der Waals surface area contributed by atoms with Crippen LogP contribution in [-0.4, -0.2) is 15.4 Å². The van der Waals surface area contributed by atoms with Gasteiger partial charge in [0, 0.05) is 43.7 Å². The average molecular weight is 898 g/mol. The monoisotopic (exact) mass is 896 g/mol. The molecule has 1 aliphatic rings. The Morgan fingerprint density at radius 2 is 1.11 bits per heavy atom. The number of benzene rings is 4. The molecule has 57 heavy (non-hydrogen) atoms. The molecule has 0 aromatic heterocycles. The van der Waals surface area contributed by atoms with Gasteiger partial charge in [-0.05, 0) is 109 Å². The third-order valence-electron chi connectivity index (χ3n) is 9.52. The molecule has 4 nitrogen and oxygen atoms in total. The molecular formula is C51H64N4NiPd. The van der Waals surface area contributed by atoms with Crippen LogP contribution < -0.4 is 0 Å². The van der Waals surface area contributed by atoms with Crippen molar-refractivity contribution in [2.24, 2.45) is 0 Å². The van der Waals surface area contributed by atoms with Crippen LogP contribution in [0.4, 0.5) is 0 Å². The minimum absolute atomic E-state index is 0. The zero-order valence-corrected chi connectivity index (χ0v) is 37.7. The van der Waals surface area contributed by atoms with E-state index < -0.39 is 0 Å². The van der Waals surface area contributed by atoms with Crippen LogP contribution in [-0.2, 0) is 54.1 Å². The Bertz CT molecular complexity index is 1990. The Balaban J connectivity index is 0.000000348. The number of hydrogen-bond donors (Lipinski definition) is 0. The first-order valence-electron chi connectivity index (χ1n) is 20.7. The molecule has 0 saturated heterocycles. The average Bonchev–Trinajstić information content (AvgIpc) is 3.61. The molecule has 0 aliphatic carbocycles. The summed E-state index contributed by atoms with van der Waals surface area (Å²) in [4.78, 5) is 2.97. The normalized spacial score (nSPS) is 11.8. The first-order valence-corrected chi connectivity index (χ1v) is 22.1. The van der Waals surface area contributed by atoms with Crippen molar-refractivity contribution in [3.8, 4) is 0 Å². The molecule has 4 aromatic rings. The van der Waals surface area contributed by atoms with Gasteiger partial charge in [-0.25, -0.2) is 4.70 Å². The zero-order valence-electron chi connectivity index (χ0n) is 35.2. The maximum atomic E-state index is 10.6. The van der Waals surface area contributed by atoms with Crippen LogP contribution in [0, 0.1) is 6.92 Å². The van der Waals surface area contributed by atoms with E-state index in [0.29, 0.717) is 0 Å². The van der Waals surface area contributed by atoms with Crippen molar-refractivity contribution < 1.29 is 44.3 Å². The van der Waals surface area contributed by atoms with Crippen molar-refractivity contribution in [3.05, 3.63) is 177 Å². The summed E-state index contributed by atoms with van der Waals surface area (Å²) in [6.07, 6.45) is 20.8. The van der Waals surface area contributed by atoms with Gasteiger partial charge in [0.15, 0.2) is 0 Å². The van der Waals surface area contributed by atoms with Crippen LogP contribution in [0.2, 0.25) is 10.8 Å². The Hall–Kier alpha value is -3.98. The van der Waals surface area contributed by atoms with Gasteiger partial charge in [0.1, 0.15) is 0 Å². The van der Waals surface area contributed by atoms with E-state index >= 15 is 0 Å². The van der Waals surface area contributed by atoms with Gasteiger partial charge < -0.3 is 11.1 Å². The number of allylic oxidation sites excluding steroid dienone is 4. The number of rotatable bonds is 18. The molecule has 5 rings (SSSR count). The van der Waals surface area contributed by atoms with Gasteiger partial charge in [0.25, 0.3) is 5.87 Å². The molecule has 0 unspecified atom stereocenters. The smallest absolute Gasteiger partial charge is 0 e. The molecule has 308 valence electrons. The fourth-order valence-corrected chi connectivity index (χ4v) is 7.05. The molecule has 0 bridgehead atoms. The first kappa shape index (κ1) is 49.2. The zero-order chi connectivity index (χ0) is 40.4. The Morgan fingerprint density at radius 1 is 0.632 bits per heavy atom. The van der Waals surface area contributed by atoms with E-state index in [4.69, 9.17) is 5.53 Å². The SMILES string of the molecule is CCCCCc1cccc(C(=CC=C=[N+]=[N-])c2cccc(CCCC)c2)c1.CCCCCc1cccc(C2=CC=C(c3cccc(C)c3)[N+]2=[N-])c1.C[CH2][Ni][CH2]C.[Pd]. The van der Waals surface area contributed by atoms with Crippen molar-refractivity contribution in [3.63, 3.8) is 0 Å². The number of aryl methyl sites for hydroxylation is 4. The first-order chi connectivity index (χ1) is 27.4. The third kappa shape index (κ3) is 17.6. The second-order valence-electron chi connectivity index (χ2n) is 14.0. The molecule has 0 amide bonds. The minimum atomic E-state index is 0. The maximum Gasteiger partial charge on any atom is 0 e. The van der Waals surface area contributed by atoms with E-state index in [1.165, 1.54) is 100 Å². The topological polar surface area (TPSA) is 61.7 Å². The molecule has 0 saturated carbocycles. The van der Waals surface area contributed by atoms with E-state index in [-0.39, 0.29) is 20.4 Å². The molecule has 1 aliphatic heterocycles. The van der Waals surface area contributed by atoms with E-state index in [9.17, 15) is 5.53 Å². The second kappa shape index (κ2) is 29.3. The van der Waals surface area contributed by atoms with Crippen LogP contribution in [0.5, 0.6) is 0 Å². The van der Waals surface area contributed by atoms with Crippen molar-refractivity contribution in [2.45, 2.75) is 123 Å². The van der Waals surface area contributed by atoms with E-state index in [1.54, 1.807) is 6.08 Å². The van der Waals surface area contributed by atoms with Crippen molar-refractivity contribution in [1.29, 1.82) is 0 Å². The molecule has 0 spiro atoms. The summed E-state index contributed by atoms with van der Waals surface area (Å²) in [5, 5.41) is 2.56. The molecule has 0 fully saturated rings. The van der Waals surface area contributed by atoms with E-state index in [1.807, 2.05) is 44.8 Å². The van der Waals surface area contributed by atoms with Crippen LogP contribution in [0.15, 0.2) is 121 Å². The van der Waals surface area contributed by atoms with E-state index in [2.05, 4.69) is 137 Å². The van der Waals surface area contributed by atoms with Gasteiger partial charge in [0.2, 0.25) is 11.4 Å². The predicted octanol–water partition coefficient (Wildman–Crippen LogP) is 14.7. The summed E-state index contributed by atoms with van der Waals surface area (Å²) < 4.78 is 1.31. The fourth-order valence-electron chi connectivity index (χ4n) is 6.56. The molecule has 0 radical (unpaired) electrons. The summed E-state index contributed by atoms with van der Waals surface area (Å²) in [6, 6.07) is 34.2. The molecule has 0 atom stereocenters. The fraction of sp³-hybridized carbons (Fsp3) is 0.373. The molecule has 1 heterocycles. The van der Waals surface area contributed by atoms with Crippen molar-refractivity contribution >= 4 is 22.8 Å². The summed E-state index contributed by atoms with van der Waals surface area (Å²) in [6.45, 7) is 13.1. The molecule has 0 N–H and O–H groups in total. The Morgan fingerprint density at radius 3 is 1.58 bits per heavy atom. The van der Waals surface area contributed by atoms with Crippen molar-refractivity contribution in [1.82, 2.24) is 0 Å². The molecule has 6 heteroatoms. The third-order valence-corrected chi connectivity index (χ3v) is 10.5. The quantitative estimate of drug-likeness (QED) is 0.0182. The van der Waals surface area contributed by atoms with E-state index in [0.717, 1.165) is 47.4 Å². The van der Waals surface area contributed by atoms with Gasteiger partial charge in [-0.2, -0.15) is 0 Å². The molecular weight excluding hydrogens is 834 g/mol. The largest absolute Gasteiger partial charge is 0 e. The van der Waals surface area contributed by atoms with Crippen LogP contribution in [0.25, 0.3) is 28.0 Å². The van der Waals surface area contributed by atoms with Gasteiger partial charge in [0.05, 0.1) is 6.08 Å². The molecule has 4 aromatic carbocycles.